The summed E-state index contributed by atoms with van der Waals surface area (Å²) in [5.41, 5.74) is 3.83. The van der Waals surface area contributed by atoms with E-state index in [4.69, 9.17) is 0 Å². The zero-order valence-corrected chi connectivity index (χ0v) is 16.8. The first-order valence-corrected chi connectivity index (χ1v) is 11.5. The average molecular weight is 393 g/mol. The molecule has 1 aromatic heterocycles. The summed E-state index contributed by atoms with van der Waals surface area (Å²) in [6.07, 6.45) is 3.79. The molecule has 2 aromatic rings. The number of hydrogen-bond acceptors (Lipinski definition) is 4. The second-order valence-corrected chi connectivity index (χ2v) is 9.52. The van der Waals surface area contributed by atoms with E-state index in [-0.39, 0.29) is 5.91 Å². The Labute approximate surface area is 159 Å². The molecule has 1 aromatic carbocycles. The maximum Gasteiger partial charge on any atom is 0.261 e. The van der Waals surface area contributed by atoms with Gasteiger partial charge in [-0.3, -0.25) is 4.79 Å². The number of thiophene rings is 1. The molecule has 0 saturated heterocycles. The fraction of sp³-hybridized carbons (Fsp3) is 0.421. The fourth-order valence-corrected chi connectivity index (χ4v) is 5.40. The van der Waals surface area contributed by atoms with Gasteiger partial charge in [0.25, 0.3) is 5.91 Å². The van der Waals surface area contributed by atoms with E-state index in [0.717, 1.165) is 17.7 Å². The number of amides is 1. The van der Waals surface area contributed by atoms with Gasteiger partial charge in [0.05, 0.1) is 11.1 Å². The molecule has 1 aliphatic rings. The van der Waals surface area contributed by atoms with E-state index in [1.54, 1.807) is 11.3 Å². The van der Waals surface area contributed by atoms with Crippen LogP contribution in [0.15, 0.2) is 30.3 Å². The Balaban J connectivity index is 1.60. The highest BCUT2D eigenvalue weighted by atomic mass is 32.2. The molecule has 1 N–H and O–H groups in total. The van der Waals surface area contributed by atoms with E-state index in [0.29, 0.717) is 26.1 Å². The Kier molecular flexibility index (Phi) is 5.79. The molecule has 0 unspecified atom stereocenters. The van der Waals surface area contributed by atoms with Crippen LogP contribution in [-0.2, 0) is 22.9 Å². The highest BCUT2D eigenvalue weighted by Gasteiger charge is 2.21. The second-order valence-electron chi connectivity index (χ2n) is 6.49. The average Bonchev–Trinajstić information content (AvgIpc) is 3.05. The molecule has 0 fully saturated rings. The van der Waals surface area contributed by atoms with Gasteiger partial charge in [0.1, 0.15) is 0 Å². The standard InChI is InChI=1S/C19H24N2O3S2/c1-3-21(26(2,23)24)12-6-11-20-19(22)17-13-15-10-9-14-7-4-5-8-16(14)18(15)25-17/h4-5,7-8,13H,3,6,9-12H2,1-2H3,(H,20,22). The summed E-state index contributed by atoms with van der Waals surface area (Å²) in [6, 6.07) is 10.4. The molecular weight excluding hydrogens is 368 g/mol. The predicted molar refractivity (Wildman–Crippen MR) is 106 cm³/mol. The molecule has 140 valence electrons. The molecule has 5 nitrogen and oxygen atoms in total. The van der Waals surface area contributed by atoms with Crippen molar-refractivity contribution in [3.63, 3.8) is 0 Å². The molecule has 1 aliphatic carbocycles. The van der Waals surface area contributed by atoms with Gasteiger partial charge in [0.15, 0.2) is 0 Å². The molecule has 0 radical (unpaired) electrons. The number of nitrogens with zero attached hydrogens (tertiary/aromatic N) is 1. The number of aryl methyl sites for hydroxylation is 2. The van der Waals surface area contributed by atoms with Crippen LogP contribution < -0.4 is 5.32 Å². The van der Waals surface area contributed by atoms with Crippen LogP contribution in [-0.4, -0.2) is 44.5 Å². The van der Waals surface area contributed by atoms with E-state index in [1.807, 2.05) is 19.1 Å². The zero-order chi connectivity index (χ0) is 18.7. The third-order valence-electron chi connectivity index (χ3n) is 4.65. The van der Waals surface area contributed by atoms with Crippen molar-refractivity contribution in [2.24, 2.45) is 0 Å². The SMILES string of the molecule is CCN(CCCNC(=O)c1cc2c(s1)-c1ccccc1CC2)S(C)(=O)=O. The number of sulfonamides is 1. The Bertz CT molecular complexity index is 903. The Hall–Kier alpha value is -1.70. The number of hydrogen-bond donors (Lipinski definition) is 1. The van der Waals surface area contributed by atoms with Gasteiger partial charge in [-0.05, 0) is 42.0 Å². The van der Waals surface area contributed by atoms with Crippen molar-refractivity contribution in [3.8, 4) is 10.4 Å². The van der Waals surface area contributed by atoms with Crippen molar-refractivity contribution >= 4 is 27.3 Å². The Morgan fingerprint density at radius 2 is 1.96 bits per heavy atom. The van der Waals surface area contributed by atoms with Crippen molar-refractivity contribution in [1.82, 2.24) is 9.62 Å². The number of nitrogens with one attached hydrogen (secondary N) is 1. The van der Waals surface area contributed by atoms with Crippen LogP contribution in [0.25, 0.3) is 10.4 Å². The number of rotatable bonds is 7. The molecule has 1 heterocycles. The van der Waals surface area contributed by atoms with Crippen molar-refractivity contribution < 1.29 is 13.2 Å². The van der Waals surface area contributed by atoms with Crippen LogP contribution in [0.3, 0.4) is 0 Å². The molecular formula is C19H24N2O3S2. The van der Waals surface area contributed by atoms with E-state index in [9.17, 15) is 13.2 Å². The van der Waals surface area contributed by atoms with Gasteiger partial charge < -0.3 is 5.32 Å². The minimum absolute atomic E-state index is 0.0794. The number of carbonyl (C=O) groups excluding carboxylic acids is 1. The lowest BCUT2D eigenvalue weighted by atomic mass is 9.91. The summed E-state index contributed by atoms with van der Waals surface area (Å²) in [6.45, 7) is 3.14. The van der Waals surface area contributed by atoms with Crippen LogP contribution in [0.5, 0.6) is 0 Å². The van der Waals surface area contributed by atoms with E-state index in [1.165, 1.54) is 32.1 Å². The first-order chi connectivity index (χ1) is 12.4. The van der Waals surface area contributed by atoms with E-state index < -0.39 is 10.0 Å². The number of benzene rings is 1. The number of carbonyl (C=O) groups is 1. The maximum atomic E-state index is 12.5. The van der Waals surface area contributed by atoms with Gasteiger partial charge in [-0.1, -0.05) is 31.2 Å². The third kappa shape index (κ3) is 4.16. The smallest absolute Gasteiger partial charge is 0.261 e. The molecule has 0 saturated carbocycles. The molecule has 26 heavy (non-hydrogen) atoms. The van der Waals surface area contributed by atoms with Crippen LogP contribution in [0.2, 0.25) is 0 Å². The highest BCUT2D eigenvalue weighted by molar-refractivity contribution is 7.88. The van der Waals surface area contributed by atoms with Crippen LogP contribution in [0, 0.1) is 0 Å². The quantitative estimate of drug-likeness (QED) is 0.737. The summed E-state index contributed by atoms with van der Waals surface area (Å²) in [7, 11) is -3.18. The summed E-state index contributed by atoms with van der Waals surface area (Å²) in [5, 5.41) is 2.91. The molecule has 0 atom stereocenters. The largest absolute Gasteiger partial charge is 0.351 e. The fourth-order valence-electron chi connectivity index (χ4n) is 3.29. The van der Waals surface area contributed by atoms with E-state index >= 15 is 0 Å². The first kappa shape index (κ1) is 19.1. The third-order valence-corrected chi connectivity index (χ3v) is 7.24. The number of fused-ring (bicyclic) bond motifs is 3. The van der Waals surface area contributed by atoms with Crippen LogP contribution in [0.4, 0.5) is 0 Å². The van der Waals surface area contributed by atoms with Crippen LogP contribution >= 0.6 is 11.3 Å². The summed E-state index contributed by atoms with van der Waals surface area (Å²) >= 11 is 1.54. The molecule has 1 amide bonds. The highest BCUT2D eigenvalue weighted by Crippen LogP contribution is 2.39. The minimum atomic E-state index is -3.18. The Morgan fingerprint density at radius 1 is 1.23 bits per heavy atom. The molecule has 0 aliphatic heterocycles. The van der Waals surface area contributed by atoms with Gasteiger partial charge in [-0.2, -0.15) is 0 Å². The van der Waals surface area contributed by atoms with Crippen molar-refractivity contribution in [1.29, 1.82) is 0 Å². The first-order valence-electron chi connectivity index (χ1n) is 8.84. The van der Waals surface area contributed by atoms with Crippen molar-refractivity contribution in [2.75, 3.05) is 25.9 Å². The molecule has 3 rings (SSSR count). The lowest BCUT2D eigenvalue weighted by Gasteiger charge is -2.17. The van der Waals surface area contributed by atoms with Gasteiger partial charge in [0.2, 0.25) is 10.0 Å². The lowest BCUT2D eigenvalue weighted by Crippen LogP contribution is -2.33. The maximum absolute atomic E-state index is 12.5. The molecule has 0 bridgehead atoms. The van der Waals surface area contributed by atoms with Gasteiger partial charge in [-0.15, -0.1) is 11.3 Å². The normalized spacial score (nSPS) is 13.3. The van der Waals surface area contributed by atoms with E-state index in [2.05, 4.69) is 23.5 Å². The summed E-state index contributed by atoms with van der Waals surface area (Å²) < 4.78 is 24.5. The summed E-state index contributed by atoms with van der Waals surface area (Å²) in [4.78, 5) is 14.4. The zero-order valence-electron chi connectivity index (χ0n) is 15.1. The topological polar surface area (TPSA) is 66.5 Å². The van der Waals surface area contributed by atoms with Crippen molar-refractivity contribution in [2.45, 2.75) is 26.2 Å². The lowest BCUT2D eigenvalue weighted by molar-refractivity contribution is 0.0957. The minimum Gasteiger partial charge on any atom is -0.351 e. The van der Waals surface area contributed by atoms with Gasteiger partial charge >= 0.3 is 0 Å². The molecule has 0 spiro atoms. The summed E-state index contributed by atoms with van der Waals surface area (Å²) in [5.74, 6) is -0.0794. The van der Waals surface area contributed by atoms with Crippen LogP contribution in [0.1, 0.15) is 34.1 Å². The second kappa shape index (κ2) is 7.90. The predicted octanol–water partition coefficient (Wildman–Crippen LogP) is 2.92. The Morgan fingerprint density at radius 3 is 2.69 bits per heavy atom. The van der Waals surface area contributed by atoms with Gasteiger partial charge in [0, 0.05) is 24.5 Å². The van der Waals surface area contributed by atoms with Gasteiger partial charge in [-0.25, -0.2) is 12.7 Å². The molecule has 7 heteroatoms. The van der Waals surface area contributed by atoms with Crippen molar-refractivity contribution in [3.05, 3.63) is 46.3 Å². The monoisotopic (exact) mass is 392 g/mol.